The number of carboxylic acids is 1. The number of carboxylic acid groups (broad SMARTS) is 1. The van der Waals surface area contributed by atoms with Crippen LogP contribution in [0.1, 0.15) is 71.1 Å². The quantitative estimate of drug-likeness (QED) is 0.697. The predicted molar refractivity (Wildman–Crippen MR) is 119 cm³/mol. The molecule has 0 aromatic heterocycles. The molecule has 0 bridgehead atoms. The standard InChI is InChI=1S/C26H27NO4/c1-31-26(30)18-11-12-21-22(14-18)27-15-19(25(28)29)13-17-9-5-6-10-20(17)24(27)23(21)16-7-3-2-4-8-16/h5-6,9-14,16,23-24H,2-4,7-8,15H2,1H3,(H,28,29). The largest absolute Gasteiger partial charge is 0.478 e. The van der Waals surface area contributed by atoms with E-state index in [1.165, 1.54) is 50.3 Å². The Labute approximate surface area is 182 Å². The molecular weight excluding hydrogens is 390 g/mol. The summed E-state index contributed by atoms with van der Waals surface area (Å²) >= 11 is 0. The number of fused-ring (bicyclic) bond motifs is 5. The minimum Gasteiger partial charge on any atom is -0.478 e. The Morgan fingerprint density at radius 1 is 1.03 bits per heavy atom. The van der Waals surface area contributed by atoms with Crippen molar-refractivity contribution in [3.63, 3.8) is 0 Å². The van der Waals surface area contributed by atoms with Crippen molar-refractivity contribution in [2.45, 2.75) is 44.1 Å². The van der Waals surface area contributed by atoms with Crippen LogP contribution in [0.5, 0.6) is 0 Å². The lowest BCUT2D eigenvalue weighted by molar-refractivity contribution is -0.132. The molecule has 3 aliphatic rings. The fraction of sp³-hybridized carbons (Fsp3) is 0.385. The summed E-state index contributed by atoms with van der Waals surface area (Å²) in [5.41, 5.74) is 5.22. The van der Waals surface area contributed by atoms with Gasteiger partial charge in [-0.1, -0.05) is 49.6 Å². The molecule has 0 spiro atoms. The van der Waals surface area contributed by atoms with Crippen molar-refractivity contribution in [2.75, 3.05) is 18.6 Å². The molecule has 1 fully saturated rings. The van der Waals surface area contributed by atoms with Crippen molar-refractivity contribution in [1.29, 1.82) is 0 Å². The van der Waals surface area contributed by atoms with Crippen LogP contribution in [-0.4, -0.2) is 30.7 Å². The number of hydrogen-bond donors (Lipinski definition) is 1. The van der Waals surface area contributed by atoms with Gasteiger partial charge in [-0.15, -0.1) is 0 Å². The Morgan fingerprint density at radius 3 is 2.55 bits per heavy atom. The van der Waals surface area contributed by atoms with Crippen molar-refractivity contribution < 1.29 is 19.4 Å². The number of ether oxygens (including phenoxy) is 1. The lowest BCUT2D eigenvalue weighted by Crippen LogP contribution is -2.32. The molecule has 1 aliphatic carbocycles. The number of benzene rings is 2. The second-order valence-corrected chi connectivity index (χ2v) is 8.87. The van der Waals surface area contributed by atoms with Gasteiger partial charge in [0.1, 0.15) is 0 Å². The maximum Gasteiger partial charge on any atom is 0.337 e. The Kier molecular flexibility index (Phi) is 5.05. The van der Waals surface area contributed by atoms with Gasteiger partial charge in [0.25, 0.3) is 0 Å². The zero-order valence-corrected chi connectivity index (χ0v) is 17.7. The van der Waals surface area contributed by atoms with Crippen LogP contribution in [0.25, 0.3) is 6.08 Å². The fourth-order valence-corrected chi connectivity index (χ4v) is 5.84. The van der Waals surface area contributed by atoms with Gasteiger partial charge in [0, 0.05) is 11.6 Å². The number of methoxy groups -OCH3 is 1. The van der Waals surface area contributed by atoms with Gasteiger partial charge in [-0.05, 0) is 53.7 Å². The van der Waals surface area contributed by atoms with Crippen molar-refractivity contribution in [3.05, 3.63) is 70.3 Å². The lowest BCUT2D eigenvalue weighted by Gasteiger charge is -2.36. The van der Waals surface area contributed by atoms with E-state index in [2.05, 4.69) is 17.0 Å². The topological polar surface area (TPSA) is 66.8 Å². The highest BCUT2D eigenvalue weighted by Gasteiger charge is 2.45. The maximum absolute atomic E-state index is 12.2. The molecule has 160 valence electrons. The van der Waals surface area contributed by atoms with E-state index in [0.29, 0.717) is 23.6 Å². The molecule has 0 amide bonds. The molecule has 2 unspecified atom stereocenters. The molecular formula is C26H27NO4. The van der Waals surface area contributed by atoms with Gasteiger partial charge < -0.3 is 14.7 Å². The number of rotatable bonds is 3. The third kappa shape index (κ3) is 3.32. The molecule has 2 aromatic carbocycles. The third-order valence-electron chi connectivity index (χ3n) is 7.21. The Balaban J connectivity index is 1.70. The van der Waals surface area contributed by atoms with Crippen LogP contribution in [0.4, 0.5) is 5.69 Å². The number of esters is 1. The molecule has 2 heterocycles. The predicted octanol–water partition coefficient (Wildman–Crippen LogP) is 5.18. The van der Waals surface area contributed by atoms with E-state index < -0.39 is 5.97 Å². The average molecular weight is 418 g/mol. The van der Waals surface area contributed by atoms with E-state index in [1.54, 1.807) is 0 Å². The smallest absolute Gasteiger partial charge is 0.337 e. The Bertz CT molecular complexity index is 1070. The number of anilines is 1. The highest BCUT2D eigenvalue weighted by molar-refractivity contribution is 5.95. The van der Waals surface area contributed by atoms with Crippen molar-refractivity contribution in [3.8, 4) is 0 Å². The van der Waals surface area contributed by atoms with Gasteiger partial charge in [0.15, 0.2) is 0 Å². The number of hydrogen-bond acceptors (Lipinski definition) is 4. The molecule has 1 N–H and O–H groups in total. The van der Waals surface area contributed by atoms with E-state index in [9.17, 15) is 14.7 Å². The Morgan fingerprint density at radius 2 is 1.81 bits per heavy atom. The summed E-state index contributed by atoms with van der Waals surface area (Å²) in [5, 5.41) is 9.88. The highest BCUT2D eigenvalue weighted by Crippen LogP contribution is 2.56. The summed E-state index contributed by atoms with van der Waals surface area (Å²) in [7, 11) is 1.39. The van der Waals surface area contributed by atoms with Gasteiger partial charge in [-0.3, -0.25) is 0 Å². The first-order valence-electron chi connectivity index (χ1n) is 11.1. The van der Waals surface area contributed by atoms with Crippen LogP contribution >= 0.6 is 0 Å². The molecule has 2 aromatic rings. The number of carbonyl (C=O) groups is 2. The van der Waals surface area contributed by atoms with E-state index >= 15 is 0 Å². The van der Waals surface area contributed by atoms with Gasteiger partial charge in [-0.25, -0.2) is 9.59 Å². The molecule has 5 heteroatoms. The first-order chi connectivity index (χ1) is 15.1. The van der Waals surface area contributed by atoms with Crippen LogP contribution < -0.4 is 4.90 Å². The highest BCUT2D eigenvalue weighted by atomic mass is 16.5. The van der Waals surface area contributed by atoms with E-state index in [1.807, 2.05) is 36.4 Å². The molecule has 0 saturated heterocycles. The van der Waals surface area contributed by atoms with E-state index in [4.69, 9.17) is 4.74 Å². The summed E-state index contributed by atoms with van der Waals surface area (Å²) in [6.07, 6.45) is 7.96. The Hall–Kier alpha value is -3.08. The number of aliphatic carboxylic acids is 1. The number of carbonyl (C=O) groups excluding carboxylic acids is 1. The van der Waals surface area contributed by atoms with Crippen LogP contribution in [-0.2, 0) is 9.53 Å². The minimum atomic E-state index is -0.901. The van der Waals surface area contributed by atoms with Crippen LogP contribution in [0, 0.1) is 5.92 Å². The summed E-state index contributed by atoms with van der Waals surface area (Å²) in [4.78, 5) is 26.5. The molecule has 1 saturated carbocycles. The molecule has 5 rings (SSSR count). The normalized spacial score (nSPS) is 22.6. The van der Waals surface area contributed by atoms with Crippen LogP contribution in [0.2, 0.25) is 0 Å². The lowest BCUT2D eigenvalue weighted by atomic mass is 9.73. The van der Waals surface area contributed by atoms with Crippen molar-refractivity contribution in [1.82, 2.24) is 0 Å². The molecule has 2 aliphatic heterocycles. The molecule has 5 nitrogen and oxygen atoms in total. The monoisotopic (exact) mass is 417 g/mol. The first kappa shape index (κ1) is 19.9. The summed E-state index contributed by atoms with van der Waals surface area (Å²) in [6.45, 7) is 0.315. The van der Waals surface area contributed by atoms with Crippen molar-refractivity contribution >= 4 is 23.7 Å². The van der Waals surface area contributed by atoms with E-state index in [-0.39, 0.29) is 17.9 Å². The van der Waals surface area contributed by atoms with Crippen LogP contribution in [0.15, 0.2) is 48.0 Å². The molecule has 31 heavy (non-hydrogen) atoms. The maximum atomic E-state index is 12.2. The summed E-state index contributed by atoms with van der Waals surface area (Å²) < 4.78 is 4.95. The van der Waals surface area contributed by atoms with Gasteiger partial charge in [-0.2, -0.15) is 0 Å². The second-order valence-electron chi connectivity index (χ2n) is 8.87. The van der Waals surface area contributed by atoms with Gasteiger partial charge >= 0.3 is 11.9 Å². The average Bonchev–Trinajstić information content (AvgIpc) is 3.01. The summed E-state index contributed by atoms with van der Waals surface area (Å²) in [5.74, 6) is -0.442. The second kappa shape index (κ2) is 7.88. The SMILES string of the molecule is COC(=O)c1ccc2c(c1)N1CC(C(=O)O)=Cc3ccccc3C1C2C1CCCCC1. The minimum absolute atomic E-state index is 0.0651. The van der Waals surface area contributed by atoms with Crippen LogP contribution in [0.3, 0.4) is 0 Å². The molecule has 2 atom stereocenters. The summed E-state index contributed by atoms with van der Waals surface area (Å²) in [6, 6.07) is 14.0. The fourth-order valence-electron chi connectivity index (χ4n) is 5.84. The molecule has 0 radical (unpaired) electrons. The zero-order chi connectivity index (χ0) is 21.5. The first-order valence-corrected chi connectivity index (χ1v) is 11.1. The van der Waals surface area contributed by atoms with Gasteiger partial charge in [0.05, 0.1) is 30.8 Å². The van der Waals surface area contributed by atoms with E-state index in [0.717, 1.165) is 11.3 Å². The van der Waals surface area contributed by atoms with Crippen molar-refractivity contribution in [2.24, 2.45) is 5.92 Å². The third-order valence-corrected chi connectivity index (χ3v) is 7.21. The van der Waals surface area contributed by atoms with Gasteiger partial charge in [0.2, 0.25) is 0 Å². The number of nitrogens with zero attached hydrogens (tertiary/aromatic N) is 1. The zero-order valence-electron chi connectivity index (χ0n) is 17.7.